The van der Waals surface area contributed by atoms with E-state index in [2.05, 4.69) is 24.1 Å². The molecule has 0 saturated carbocycles. The van der Waals surface area contributed by atoms with E-state index in [4.69, 9.17) is 5.11 Å². The van der Waals surface area contributed by atoms with Crippen molar-refractivity contribution in [2.75, 3.05) is 26.2 Å². The number of aliphatic hydroxyl groups is 1. The van der Waals surface area contributed by atoms with Crippen LogP contribution in [0.4, 0.5) is 4.39 Å². The summed E-state index contributed by atoms with van der Waals surface area (Å²) in [7, 11) is 0. The average Bonchev–Trinajstić information content (AvgIpc) is 2.50. The van der Waals surface area contributed by atoms with Gasteiger partial charge in [-0.25, -0.2) is 4.39 Å². The van der Waals surface area contributed by atoms with E-state index in [1.54, 1.807) is 0 Å². The molecule has 1 saturated heterocycles. The zero-order valence-electron chi connectivity index (χ0n) is 9.04. The van der Waals surface area contributed by atoms with Gasteiger partial charge >= 0.3 is 0 Å². The molecule has 0 spiro atoms. The van der Waals surface area contributed by atoms with E-state index < -0.39 is 6.17 Å². The Hall–Kier alpha value is -0.190. The molecule has 0 bridgehead atoms. The molecule has 0 aliphatic carbocycles. The topological polar surface area (TPSA) is 35.5 Å². The second-order valence-corrected chi connectivity index (χ2v) is 4.25. The molecule has 0 aromatic heterocycles. The SMILES string of the molecule is CC(C)N(CCO)CC1CC(F)CN1. The first-order valence-electron chi connectivity index (χ1n) is 5.36. The van der Waals surface area contributed by atoms with Gasteiger partial charge in [-0.15, -0.1) is 0 Å². The summed E-state index contributed by atoms with van der Waals surface area (Å²) in [5.41, 5.74) is 0. The molecule has 14 heavy (non-hydrogen) atoms. The van der Waals surface area contributed by atoms with Gasteiger partial charge in [0.25, 0.3) is 0 Å². The number of aliphatic hydroxyl groups excluding tert-OH is 1. The van der Waals surface area contributed by atoms with Crippen molar-refractivity contribution in [3.05, 3.63) is 0 Å². The third-order valence-corrected chi connectivity index (χ3v) is 2.74. The Balaban J connectivity index is 2.31. The summed E-state index contributed by atoms with van der Waals surface area (Å²) in [4.78, 5) is 2.18. The molecule has 1 aliphatic heterocycles. The van der Waals surface area contributed by atoms with Crippen molar-refractivity contribution in [1.29, 1.82) is 0 Å². The van der Waals surface area contributed by atoms with Gasteiger partial charge in [0.2, 0.25) is 0 Å². The van der Waals surface area contributed by atoms with Crippen LogP contribution in [0.1, 0.15) is 20.3 Å². The van der Waals surface area contributed by atoms with Gasteiger partial charge in [0.05, 0.1) is 6.61 Å². The van der Waals surface area contributed by atoms with Crippen LogP contribution in [0.2, 0.25) is 0 Å². The minimum atomic E-state index is -0.692. The second-order valence-electron chi connectivity index (χ2n) is 4.25. The van der Waals surface area contributed by atoms with Gasteiger partial charge in [0, 0.05) is 31.7 Å². The molecule has 2 N–H and O–H groups in total. The molecule has 1 fully saturated rings. The molecule has 0 aromatic carbocycles. The van der Waals surface area contributed by atoms with Crippen LogP contribution in [0, 0.1) is 0 Å². The van der Waals surface area contributed by atoms with Crippen molar-refractivity contribution in [1.82, 2.24) is 10.2 Å². The minimum absolute atomic E-state index is 0.171. The summed E-state index contributed by atoms with van der Waals surface area (Å²) in [6.45, 7) is 6.35. The molecule has 0 aromatic rings. The molecule has 3 nitrogen and oxygen atoms in total. The highest BCUT2D eigenvalue weighted by molar-refractivity contribution is 4.84. The van der Waals surface area contributed by atoms with E-state index in [0.29, 0.717) is 25.6 Å². The van der Waals surface area contributed by atoms with Gasteiger partial charge < -0.3 is 10.4 Å². The van der Waals surface area contributed by atoms with Crippen molar-refractivity contribution in [2.24, 2.45) is 0 Å². The Labute approximate surface area is 85.3 Å². The fourth-order valence-corrected chi connectivity index (χ4v) is 1.88. The zero-order valence-corrected chi connectivity index (χ0v) is 9.04. The quantitative estimate of drug-likeness (QED) is 0.680. The molecule has 84 valence electrons. The summed E-state index contributed by atoms with van der Waals surface area (Å²) in [5, 5.41) is 12.0. The van der Waals surface area contributed by atoms with Crippen LogP contribution < -0.4 is 5.32 Å². The van der Waals surface area contributed by atoms with Gasteiger partial charge in [-0.05, 0) is 20.3 Å². The van der Waals surface area contributed by atoms with E-state index in [0.717, 1.165) is 6.54 Å². The highest BCUT2D eigenvalue weighted by Crippen LogP contribution is 2.12. The first-order valence-corrected chi connectivity index (χ1v) is 5.36. The Morgan fingerprint density at radius 3 is 2.71 bits per heavy atom. The summed E-state index contributed by atoms with van der Waals surface area (Å²) < 4.78 is 12.9. The third-order valence-electron chi connectivity index (χ3n) is 2.74. The molecule has 1 heterocycles. The molecular formula is C10H21FN2O. The standard InChI is InChI=1S/C10H21FN2O/c1-8(2)13(3-4-14)7-10-5-9(11)6-12-10/h8-10,12,14H,3-7H2,1-2H3. The fraction of sp³-hybridized carbons (Fsp3) is 1.00. The largest absolute Gasteiger partial charge is 0.395 e. The van der Waals surface area contributed by atoms with Crippen LogP contribution in [0.25, 0.3) is 0 Å². The molecule has 4 heteroatoms. The first-order chi connectivity index (χ1) is 6.63. The first kappa shape index (κ1) is 11.9. The van der Waals surface area contributed by atoms with Crippen LogP contribution >= 0.6 is 0 Å². The molecule has 0 amide bonds. The summed E-state index contributed by atoms with van der Waals surface area (Å²) in [6, 6.07) is 0.654. The van der Waals surface area contributed by atoms with E-state index in [1.165, 1.54) is 0 Å². The third kappa shape index (κ3) is 3.52. The zero-order chi connectivity index (χ0) is 10.6. The number of alkyl halides is 1. The van der Waals surface area contributed by atoms with Gasteiger partial charge in [-0.1, -0.05) is 0 Å². The van der Waals surface area contributed by atoms with Crippen molar-refractivity contribution in [3.63, 3.8) is 0 Å². The number of nitrogens with zero attached hydrogens (tertiary/aromatic N) is 1. The molecular weight excluding hydrogens is 183 g/mol. The lowest BCUT2D eigenvalue weighted by molar-refractivity contribution is 0.154. The molecule has 1 rings (SSSR count). The minimum Gasteiger partial charge on any atom is -0.395 e. The maximum absolute atomic E-state index is 12.9. The lowest BCUT2D eigenvalue weighted by atomic mass is 10.2. The van der Waals surface area contributed by atoms with Crippen molar-refractivity contribution >= 4 is 0 Å². The van der Waals surface area contributed by atoms with Crippen LogP contribution in [0.3, 0.4) is 0 Å². The lowest BCUT2D eigenvalue weighted by Crippen LogP contribution is -2.42. The van der Waals surface area contributed by atoms with Gasteiger partial charge in [-0.2, -0.15) is 0 Å². The Morgan fingerprint density at radius 2 is 2.29 bits per heavy atom. The second kappa shape index (κ2) is 5.63. The van der Waals surface area contributed by atoms with Crippen molar-refractivity contribution in [2.45, 2.75) is 38.5 Å². The predicted octanol–water partition coefficient (Wildman–Crippen LogP) is 0.389. The van der Waals surface area contributed by atoms with Crippen LogP contribution in [0.5, 0.6) is 0 Å². The number of hydrogen-bond acceptors (Lipinski definition) is 3. The molecule has 1 aliphatic rings. The van der Waals surface area contributed by atoms with Crippen LogP contribution in [-0.2, 0) is 0 Å². The van der Waals surface area contributed by atoms with Crippen LogP contribution in [0.15, 0.2) is 0 Å². The van der Waals surface area contributed by atoms with Gasteiger partial charge in [-0.3, -0.25) is 4.90 Å². The maximum Gasteiger partial charge on any atom is 0.114 e. The molecule has 0 radical (unpaired) electrons. The Kier molecular flexibility index (Phi) is 4.78. The van der Waals surface area contributed by atoms with Crippen molar-refractivity contribution < 1.29 is 9.50 Å². The van der Waals surface area contributed by atoms with Gasteiger partial charge in [0.1, 0.15) is 6.17 Å². The Morgan fingerprint density at radius 1 is 1.57 bits per heavy atom. The number of halogens is 1. The van der Waals surface area contributed by atoms with E-state index in [1.807, 2.05) is 0 Å². The summed E-state index contributed by atoms with van der Waals surface area (Å²) >= 11 is 0. The smallest absolute Gasteiger partial charge is 0.114 e. The van der Waals surface area contributed by atoms with Crippen LogP contribution in [-0.4, -0.2) is 54.5 Å². The van der Waals surface area contributed by atoms with Crippen molar-refractivity contribution in [3.8, 4) is 0 Å². The van der Waals surface area contributed by atoms with E-state index in [9.17, 15) is 4.39 Å². The number of hydrogen-bond donors (Lipinski definition) is 2. The molecule has 2 atom stereocenters. The predicted molar refractivity (Wildman–Crippen MR) is 55.1 cm³/mol. The highest BCUT2D eigenvalue weighted by Gasteiger charge is 2.25. The van der Waals surface area contributed by atoms with Gasteiger partial charge in [0.15, 0.2) is 0 Å². The summed E-state index contributed by atoms with van der Waals surface area (Å²) in [6.07, 6.45) is -0.0857. The van der Waals surface area contributed by atoms with E-state index >= 15 is 0 Å². The lowest BCUT2D eigenvalue weighted by Gasteiger charge is -2.28. The highest BCUT2D eigenvalue weighted by atomic mass is 19.1. The Bertz CT molecular complexity index is 166. The summed E-state index contributed by atoms with van der Waals surface area (Å²) in [5.74, 6) is 0. The number of nitrogens with one attached hydrogen (secondary N) is 1. The maximum atomic E-state index is 12.9. The molecule has 2 unspecified atom stereocenters. The number of rotatable bonds is 5. The fourth-order valence-electron chi connectivity index (χ4n) is 1.88. The average molecular weight is 204 g/mol. The van der Waals surface area contributed by atoms with E-state index in [-0.39, 0.29) is 12.6 Å². The monoisotopic (exact) mass is 204 g/mol. The normalized spacial score (nSPS) is 27.9.